The first-order chi connectivity index (χ1) is 33.6. The van der Waals surface area contributed by atoms with Crippen LogP contribution in [0.1, 0.15) is 77.1 Å². The molecular formula is C56H46Br2I2N2O6S2. The number of nitrogens with zero attached hydrogens (tertiary/aromatic N) is 2. The fourth-order valence-electron chi connectivity index (χ4n) is 9.52. The molecule has 0 saturated carbocycles. The van der Waals surface area contributed by atoms with E-state index < -0.39 is 20.0 Å². The van der Waals surface area contributed by atoms with E-state index in [-0.39, 0.29) is 46.3 Å². The third-order valence-electron chi connectivity index (χ3n) is 13.1. The van der Waals surface area contributed by atoms with Crippen LogP contribution in [-0.2, 0) is 33.1 Å². The highest BCUT2D eigenvalue weighted by atomic mass is 127. The van der Waals surface area contributed by atoms with Crippen LogP contribution in [0.3, 0.4) is 0 Å². The summed E-state index contributed by atoms with van der Waals surface area (Å²) >= 11 is 11.5. The van der Waals surface area contributed by atoms with Gasteiger partial charge in [0.25, 0.3) is 0 Å². The smallest absolute Gasteiger partial charge is 0.243 e. The Kier molecular flexibility index (Phi) is 15.3. The number of hydrogen-bond donors (Lipinski definition) is 0. The SMILES string of the molecule is Cc1ccc(S(=O)(=O)N2Cc3c(C(=O)c4ccc(Br)cc4)cc4ccccc4c3[C@H](CI)C2)cc1.Cc1ccc(S(=O)(=O)N2Cc3c(C(=O)c4ccc(Br)cc4)cc4ccccc4c3[C@H](CI)C2)cc1. The third-order valence-corrected chi connectivity index (χ3v) is 20.0. The fourth-order valence-corrected chi connectivity index (χ4v) is 14.4. The van der Waals surface area contributed by atoms with Crippen molar-refractivity contribution in [3.8, 4) is 0 Å². The van der Waals surface area contributed by atoms with Gasteiger partial charge in [0, 0.05) is 78.1 Å². The van der Waals surface area contributed by atoms with Gasteiger partial charge in [0.1, 0.15) is 0 Å². The Labute approximate surface area is 453 Å². The second-order valence-corrected chi connectivity index (χ2v) is 25.1. The van der Waals surface area contributed by atoms with Crippen molar-refractivity contribution < 1.29 is 26.4 Å². The quantitative estimate of drug-likeness (QED) is 0.0767. The van der Waals surface area contributed by atoms with E-state index in [2.05, 4.69) is 89.2 Å². The summed E-state index contributed by atoms with van der Waals surface area (Å²) in [5.41, 5.74) is 8.10. The molecule has 2 aliphatic heterocycles. The monoisotopic (exact) mass is 1320 g/mol. The van der Waals surface area contributed by atoms with E-state index in [1.807, 2.05) is 111 Å². The predicted molar refractivity (Wildman–Crippen MR) is 304 cm³/mol. The van der Waals surface area contributed by atoms with Crippen LogP contribution < -0.4 is 0 Å². The number of rotatable bonds is 10. The zero-order valence-electron chi connectivity index (χ0n) is 38.1. The Balaban J connectivity index is 0.000000174. The summed E-state index contributed by atoms with van der Waals surface area (Å²) in [6.45, 7) is 4.97. The maximum Gasteiger partial charge on any atom is 0.243 e. The lowest BCUT2D eigenvalue weighted by Crippen LogP contribution is -2.39. The Hall–Kier alpha value is -4.14. The zero-order valence-corrected chi connectivity index (χ0v) is 47.2. The minimum absolute atomic E-state index is 0.0258. The number of halogens is 4. The van der Waals surface area contributed by atoms with Gasteiger partial charge in [0.2, 0.25) is 20.0 Å². The van der Waals surface area contributed by atoms with Crippen LogP contribution in [0.4, 0.5) is 0 Å². The number of alkyl halides is 2. The molecule has 0 fully saturated rings. The third kappa shape index (κ3) is 10.1. The summed E-state index contributed by atoms with van der Waals surface area (Å²) in [7, 11) is -7.44. The van der Waals surface area contributed by atoms with E-state index in [9.17, 15) is 26.4 Å². The van der Waals surface area contributed by atoms with Crippen LogP contribution in [0, 0.1) is 13.8 Å². The molecule has 8 aromatic rings. The summed E-state index contributed by atoms with van der Waals surface area (Å²) < 4.78 is 61.0. The van der Waals surface area contributed by atoms with Crippen molar-refractivity contribution in [2.75, 3.05) is 21.9 Å². The van der Waals surface area contributed by atoms with Crippen LogP contribution >= 0.6 is 77.0 Å². The van der Waals surface area contributed by atoms with Gasteiger partial charge in [-0.25, -0.2) is 16.8 Å². The summed E-state index contributed by atoms with van der Waals surface area (Å²) in [6, 6.07) is 48.5. The molecule has 0 saturated heterocycles. The molecule has 0 amide bonds. The van der Waals surface area contributed by atoms with E-state index in [1.54, 1.807) is 48.5 Å². The normalized spacial score (nSPS) is 16.3. The Morgan fingerprint density at radius 3 is 1.20 bits per heavy atom. The van der Waals surface area contributed by atoms with Gasteiger partial charge in [-0.05, 0) is 143 Å². The maximum absolute atomic E-state index is 13.7. The molecule has 8 nitrogen and oxygen atoms in total. The lowest BCUT2D eigenvalue weighted by molar-refractivity contribution is 0.102. The Morgan fingerprint density at radius 1 is 0.514 bits per heavy atom. The van der Waals surface area contributed by atoms with Gasteiger partial charge in [-0.15, -0.1) is 0 Å². The number of carbonyl (C=O) groups is 2. The Morgan fingerprint density at radius 2 is 0.857 bits per heavy atom. The van der Waals surface area contributed by atoms with Crippen molar-refractivity contribution >= 4 is 130 Å². The summed E-state index contributed by atoms with van der Waals surface area (Å²) in [6.07, 6.45) is 0. The first-order valence-electron chi connectivity index (χ1n) is 22.5. The van der Waals surface area contributed by atoms with E-state index >= 15 is 0 Å². The molecule has 0 N–H and O–H groups in total. The van der Waals surface area contributed by atoms with Gasteiger partial charge >= 0.3 is 0 Å². The molecule has 2 aliphatic rings. The summed E-state index contributed by atoms with van der Waals surface area (Å²) in [4.78, 5) is 28.1. The van der Waals surface area contributed by atoms with Gasteiger partial charge in [0.05, 0.1) is 9.79 Å². The zero-order chi connectivity index (χ0) is 49.5. The highest BCUT2D eigenvalue weighted by Gasteiger charge is 2.38. The number of fused-ring (bicyclic) bond motifs is 6. The molecule has 356 valence electrons. The second kappa shape index (κ2) is 21.1. The molecule has 2 atom stereocenters. The van der Waals surface area contributed by atoms with Crippen LogP contribution in [0.5, 0.6) is 0 Å². The molecule has 0 aliphatic carbocycles. The first kappa shape index (κ1) is 50.8. The second-order valence-electron chi connectivity index (χ2n) is 17.7. The lowest BCUT2D eigenvalue weighted by Gasteiger charge is -2.35. The standard InChI is InChI=1S/2C28H23BrINO3S/c2*1-18-6-12-23(13-7-18)35(33,34)31-16-21(15-30)27-24-5-3-2-4-20(24)14-25(26(27)17-31)28(32)19-8-10-22(29)11-9-19/h2*2-14,21H,15-17H2,1H3/t2*21-/m11/s1. The number of ketones is 2. The molecular weight excluding hydrogens is 1270 g/mol. The van der Waals surface area contributed by atoms with E-state index in [0.29, 0.717) is 35.3 Å². The summed E-state index contributed by atoms with van der Waals surface area (Å²) in [5, 5.41) is 4.17. The summed E-state index contributed by atoms with van der Waals surface area (Å²) in [5.74, 6) is -0.244. The van der Waals surface area contributed by atoms with Gasteiger partial charge in [-0.1, -0.05) is 161 Å². The maximum atomic E-state index is 13.7. The topological polar surface area (TPSA) is 109 Å². The number of carbonyl (C=O) groups excluding carboxylic acids is 2. The van der Waals surface area contributed by atoms with Gasteiger partial charge < -0.3 is 0 Å². The average Bonchev–Trinajstić information content (AvgIpc) is 3.37. The minimum Gasteiger partial charge on any atom is -0.289 e. The molecule has 0 unspecified atom stereocenters. The van der Waals surface area contributed by atoms with Gasteiger partial charge in [0.15, 0.2) is 11.6 Å². The molecule has 2 heterocycles. The highest BCUT2D eigenvalue weighted by Crippen LogP contribution is 2.42. The molecule has 8 aromatic carbocycles. The van der Waals surface area contributed by atoms with Gasteiger partial charge in [-0.2, -0.15) is 8.61 Å². The number of sulfonamides is 2. The molecule has 0 spiro atoms. The molecule has 0 bridgehead atoms. The molecule has 0 aromatic heterocycles. The first-order valence-corrected chi connectivity index (χ1v) is 30.1. The van der Waals surface area contributed by atoms with Crippen molar-refractivity contribution in [2.24, 2.45) is 0 Å². The number of aryl methyl sites for hydroxylation is 2. The molecule has 14 heteroatoms. The fraction of sp³-hybridized carbons (Fsp3) is 0.179. The van der Waals surface area contributed by atoms with Crippen LogP contribution in [0.2, 0.25) is 0 Å². The van der Waals surface area contributed by atoms with Crippen molar-refractivity contribution in [2.45, 2.75) is 48.6 Å². The lowest BCUT2D eigenvalue weighted by atomic mass is 9.83. The van der Waals surface area contributed by atoms with Crippen LogP contribution in [0.25, 0.3) is 21.5 Å². The van der Waals surface area contributed by atoms with Gasteiger partial charge in [-0.3, -0.25) is 9.59 Å². The van der Waals surface area contributed by atoms with Crippen LogP contribution in [-0.4, -0.2) is 59.0 Å². The van der Waals surface area contributed by atoms with E-state index in [1.165, 1.54) is 8.61 Å². The van der Waals surface area contributed by atoms with Crippen molar-refractivity contribution in [3.05, 3.63) is 222 Å². The Bertz CT molecular complexity index is 3300. The highest BCUT2D eigenvalue weighted by molar-refractivity contribution is 14.1. The van der Waals surface area contributed by atoms with Crippen molar-refractivity contribution in [1.82, 2.24) is 8.61 Å². The molecule has 10 rings (SSSR count). The van der Waals surface area contributed by atoms with E-state index in [0.717, 1.165) is 72.7 Å². The molecule has 0 radical (unpaired) electrons. The predicted octanol–water partition coefficient (Wildman–Crippen LogP) is 13.7. The average molecular weight is 1320 g/mol. The van der Waals surface area contributed by atoms with Crippen molar-refractivity contribution in [3.63, 3.8) is 0 Å². The van der Waals surface area contributed by atoms with Crippen LogP contribution in [0.15, 0.2) is 176 Å². The largest absolute Gasteiger partial charge is 0.289 e. The number of hydrogen-bond acceptors (Lipinski definition) is 6. The van der Waals surface area contributed by atoms with E-state index in [4.69, 9.17) is 0 Å². The minimum atomic E-state index is -3.72. The molecule has 70 heavy (non-hydrogen) atoms. The number of benzene rings is 8. The van der Waals surface area contributed by atoms with Crippen molar-refractivity contribution in [1.29, 1.82) is 0 Å².